The summed E-state index contributed by atoms with van der Waals surface area (Å²) < 4.78 is 4.61. The van der Waals surface area contributed by atoms with Crippen LogP contribution < -0.4 is 5.32 Å². The van der Waals surface area contributed by atoms with Gasteiger partial charge in [-0.1, -0.05) is 13.8 Å². The molecule has 5 heteroatoms. The van der Waals surface area contributed by atoms with Crippen molar-refractivity contribution in [1.29, 1.82) is 0 Å². The molecule has 0 fully saturated rings. The standard InChI is InChI=1S/C11H21NO4/c1-8(2)10(11(15)16-3)12-9(14)6-4-5-7-13/h8,10,13H,4-7H2,1-3H3,(H,12,14)/t10-/m0/s1. The average molecular weight is 231 g/mol. The second-order valence-electron chi connectivity index (χ2n) is 3.99. The molecule has 0 aliphatic heterocycles. The van der Waals surface area contributed by atoms with E-state index in [9.17, 15) is 9.59 Å². The molecule has 0 aromatic rings. The molecule has 2 N–H and O–H groups in total. The molecule has 0 aromatic carbocycles. The number of carbonyl (C=O) groups is 2. The van der Waals surface area contributed by atoms with Gasteiger partial charge in [-0.05, 0) is 18.8 Å². The molecule has 0 saturated carbocycles. The van der Waals surface area contributed by atoms with E-state index in [1.165, 1.54) is 7.11 Å². The minimum absolute atomic E-state index is 0.00533. The molecule has 0 heterocycles. The van der Waals surface area contributed by atoms with Crippen molar-refractivity contribution < 1.29 is 19.4 Å². The maximum atomic E-state index is 11.5. The number of nitrogens with one attached hydrogen (secondary N) is 1. The minimum Gasteiger partial charge on any atom is -0.467 e. The van der Waals surface area contributed by atoms with Crippen LogP contribution in [0, 0.1) is 5.92 Å². The summed E-state index contributed by atoms with van der Waals surface area (Å²) in [6.07, 6.45) is 1.53. The van der Waals surface area contributed by atoms with Crippen molar-refractivity contribution in [1.82, 2.24) is 5.32 Å². The van der Waals surface area contributed by atoms with Gasteiger partial charge in [0, 0.05) is 13.0 Å². The average Bonchev–Trinajstić information content (AvgIpc) is 2.25. The number of methoxy groups -OCH3 is 1. The number of hydrogen-bond donors (Lipinski definition) is 2. The van der Waals surface area contributed by atoms with Crippen LogP contribution in [0.25, 0.3) is 0 Å². The quantitative estimate of drug-likeness (QED) is 0.493. The van der Waals surface area contributed by atoms with E-state index < -0.39 is 12.0 Å². The second-order valence-corrected chi connectivity index (χ2v) is 3.99. The van der Waals surface area contributed by atoms with Crippen LogP contribution in [0.4, 0.5) is 0 Å². The number of hydrogen-bond acceptors (Lipinski definition) is 4. The molecule has 0 rings (SSSR count). The number of aliphatic hydroxyl groups excluding tert-OH is 1. The van der Waals surface area contributed by atoms with Gasteiger partial charge < -0.3 is 15.2 Å². The number of esters is 1. The van der Waals surface area contributed by atoms with Crippen molar-refractivity contribution in [3.8, 4) is 0 Å². The number of carbonyl (C=O) groups excluding carboxylic acids is 2. The summed E-state index contributed by atoms with van der Waals surface area (Å²) in [7, 11) is 1.30. The minimum atomic E-state index is -0.591. The maximum absolute atomic E-state index is 11.5. The topological polar surface area (TPSA) is 75.6 Å². The highest BCUT2D eigenvalue weighted by molar-refractivity contribution is 5.84. The van der Waals surface area contributed by atoms with Crippen LogP contribution in [0.2, 0.25) is 0 Å². The maximum Gasteiger partial charge on any atom is 0.328 e. The van der Waals surface area contributed by atoms with Gasteiger partial charge in [0.15, 0.2) is 0 Å². The fraction of sp³-hybridized carbons (Fsp3) is 0.818. The summed E-state index contributed by atoms with van der Waals surface area (Å²) >= 11 is 0. The Bertz CT molecular complexity index is 228. The molecule has 1 atom stereocenters. The van der Waals surface area contributed by atoms with Crippen LogP contribution in [0.5, 0.6) is 0 Å². The molecule has 0 radical (unpaired) electrons. The molecule has 0 saturated heterocycles. The van der Waals surface area contributed by atoms with Crippen LogP contribution in [0.3, 0.4) is 0 Å². The molecule has 0 aromatic heterocycles. The summed E-state index contributed by atoms with van der Waals surface area (Å²) in [5.41, 5.74) is 0. The third kappa shape index (κ3) is 5.70. The number of ether oxygens (including phenoxy) is 1. The summed E-state index contributed by atoms with van der Waals surface area (Å²) in [6.45, 7) is 3.77. The normalized spacial score (nSPS) is 12.3. The first kappa shape index (κ1) is 14.9. The van der Waals surface area contributed by atoms with Gasteiger partial charge >= 0.3 is 5.97 Å². The molecule has 5 nitrogen and oxygen atoms in total. The molecule has 94 valence electrons. The van der Waals surface area contributed by atoms with Crippen molar-refractivity contribution in [3.05, 3.63) is 0 Å². The molecule has 16 heavy (non-hydrogen) atoms. The van der Waals surface area contributed by atoms with Crippen LogP contribution in [0.1, 0.15) is 33.1 Å². The Morgan fingerprint density at radius 3 is 2.38 bits per heavy atom. The zero-order valence-electron chi connectivity index (χ0n) is 10.2. The van der Waals surface area contributed by atoms with Crippen molar-refractivity contribution >= 4 is 11.9 Å². The van der Waals surface area contributed by atoms with E-state index in [1.54, 1.807) is 0 Å². The first-order valence-electron chi connectivity index (χ1n) is 5.51. The van der Waals surface area contributed by atoms with E-state index in [4.69, 9.17) is 5.11 Å². The van der Waals surface area contributed by atoms with Crippen LogP contribution >= 0.6 is 0 Å². The molecule has 0 aliphatic carbocycles. The first-order chi connectivity index (χ1) is 7.52. The van der Waals surface area contributed by atoms with Gasteiger partial charge in [0.1, 0.15) is 6.04 Å². The molecular weight excluding hydrogens is 210 g/mol. The van der Waals surface area contributed by atoms with Gasteiger partial charge in [-0.25, -0.2) is 4.79 Å². The number of amides is 1. The zero-order chi connectivity index (χ0) is 12.6. The number of aliphatic hydroxyl groups is 1. The lowest BCUT2D eigenvalue weighted by Crippen LogP contribution is -2.44. The highest BCUT2D eigenvalue weighted by atomic mass is 16.5. The number of rotatable bonds is 7. The van der Waals surface area contributed by atoms with Gasteiger partial charge in [-0.3, -0.25) is 4.79 Å². The van der Waals surface area contributed by atoms with Crippen molar-refractivity contribution in [2.75, 3.05) is 13.7 Å². The summed E-state index contributed by atoms with van der Waals surface area (Å²) in [5, 5.41) is 11.2. The highest BCUT2D eigenvalue weighted by Crippen LogP contribution is 2.04. The Balaban J connectivity index is 4.09. The van der Waals surface area contributed by atoms with Gasteiger partial charge in [0.05, 0.1) is 7.11 Å². The van der Waals surface area contributed by atoms with Gasteiger partial charge in [-0.15, -0.1) is 0 Å². The molecule has 0 bridgehead atoms. The lowest BCUT2D eigenvalue weighted by atomic mass is 10.0. The van der Waals surface area contributed by atoms with E-state index in [0.29, 0.717) is 19.3 Å². The predicted molar refractivity (Wildman–Crippen MR) is 59.7 cm³/mol. The molecule has 0 unspecified atom stereocenters. The lowest BCUT2D eigenvalue weighted by molar-refractivity contribution is -0.146. The van der Waals surface area contributed by atoms with E-state index in [0.717, 1.165) is 0 Å². The third-order valence-corrected chi connectivity index (χ3v) is 2.25. The fourth-order valence-corrected chi connectivity index (χ4v) is 1.27. The Morgan fingerprint density at radius 1 is 1.31 bits per heavy atom. The smallest absolute Gasteiger partial charge is 0.328 e. The summed E-state index contributed by atoms with van der Waals surface area (Å²) in [4.78, 5) is 22.8. The summed E-state index contributed by atoms with van der Waals surface area (Å²) in [5.74, 6) is -0.614. The van der Waals surface area contributed by atoms with Crippen molar-refractivity contribution in [2.24, 2.45) is 5.92 Å². The van der Waals surface area contributed by atoms with Gasteiger partial charge in [0.25, 0.3) is 0 Å². The Morgan fingerprint density at radius 2 is 1.94 bits per heavy atom. The van der Waals surface area contributed by atoms with Crippen molar-refractivity contribution in [2.45, 2.75) is 39.2 Å². The number of unbranched alkanes of at least 4 members (excludes halogenated alkanes) is 1. The molecule has 1 amide bonds. The Kier molecular flexibility index (Phi) is 7.54. The van der Waals surface area contributed by atoms with E-state index >= 15 is 0 Å². The molecule has 0 aliphatic rings. The van der Waals surface area contributed by atoms with Gasteiger partial charge in [0.2, 0.25) is 5.91 Å². The summed E-state index contributed by atoms with van der Waals surface area (Å²) in [6, 6.07) is -0.591. The van der Waals surface area contributed by atoms with E-state index in [2.05, 4.69) is 10.1 Å². The zero-order valence-corrected chi connectivity index (χ0v) is 10.2. The Labute approximate surface area is 96.2 Å². The second kappa shape index (κ2) is 8.10. The van der Waals surface area contributed by atoms with Crippen LogP contribution in [-0.4, -0.2) is 36.7 Å². The highest BCUT2D eigenvalue weighted by Gasteiger charge is 2.24. The third-order valence-electron chi connectivity index (χ3n) is 2.25. The monoisotopic (exact) mass is 231 g/mol. The van der Waals surface area contributed by atoms with Crippen LogP contribution in [-0.2, 0) is 14.3 Å². The van der Waals surface area contributed by atoms with E-state index in [-0.39, 0.29) is 18.4 Å². The van der Waals surface area contributed by atoms with Crippen LogP contribution in [0.15, 0.2) is 0 Å². The molecular formula is C11H21NO4. The lowest BCUT2D eigenvalue weighted by Gasteiger charge is -2.19. The fourth-order valence-electron chi connectivity index (χ4n) is 1.27. The molecule has 0 spiro atoms. The van der Waals surface area contributed by atoms with E-state index in [1.807, 2.05) is 13.8 Å². The van der Waals surface area contributed by atoms with Crippen molar-refractivity contribution in [3.63, 3.8) is 0 Å². The Hall–Kier alpha value is -1.10. The first-order valence-corrected chi connectivity index (χ1v) is 5.51. The SMILES string of the molecule is COC(=O)[C@@H](NC(=O)CCCCO)C(C)C. The predicted octanol–water partition coefficient (Wildman–Crippen LogP) is 0.463. The largest absolute Gasteiger partial charge is 0.467 e. The van der Waals surface area contributed by atoms with Gasteiger partial charge in [-0.2, -0.15) is 0 Å².